The van der Waals surface area contributed by atoms with E-state index in [0.717, 1.165) is 5.56 Å². The van der Waals surface area contributed by atoms with Crippen molar-refractivity contribution in [1.29, 1.82) is 0 Å². The Morgan fingerprint density at radius 1 is 0.793 bits per heavy atom. The van der Waals surface area contributed by atoms with Gasteiger partial charge >= 0.3 is 5.97 Å². The number of nitrogens with one attached hydrogen (secondary N) is 3. The van der Waals surface area contributed by atoms with E-state index in [2.05, 4.69) is 16.0 Å². The van der Waals surface area contributed by atoms with Crippen LogP contribution in [-0.2, 0) is 23.9 Å². The third-order valence-corrected chi connectivity index (χ3v) is 3.71. The summed E-state index contributed by atoms with van der Waals surface area (Å²) in [6.07, 6.45) is -0.223. The molecule has 0 aliphatic rings. The zero-order valence-corrected chi connectivity index (χ0v) is 16.3. The van der Waals surface area contributed by atoms with E-state index in [1.165, 1.54) is 6.92 Å². The molecule has 0 aliphatic heterocycles. The number of aryl methyl sites for hydroxylation is 1. The first-order valence-electron chi connectivity index (χ1n) is 9.01. The van der Waals surface area contributed by atoms with Crippen LogP contribution in [0.15, 0.2) is 48.5 Å². The molecule has 8 heteroatoms. The minimum absolute atomic E-state index is 0.0776. The molecule has 0 aliphatic carbocycles. The lowest BCUT2D eigenvalue weighted by Gasteiger charge is -2.08. The Kier molecular flexibility index (Phi) is 7.90. The van der Waals surface area contributed by atoms with Gasteiger partial charge in [0, 0.05) is 30.4 Å². The van der Waals surface area contributed by atoms with Gasteiger partial charge in [-0.15, -0.1) is 0 Å². The van der Waals surface area contributed by atoms with Crippen LogP contribution < -0.4 is 16.0 Å². The maximum atomic E-state index is 11.9. The molecular formula is C21H23N3O5. The molecule has 0 spiro atoms. The molecule has 0 unspecified atom stereocenters. The minimum Gasteiger partial charge on any atom is -0.456 e. The standard InChI is InChI=1S/C21H23N3O5/c1-14-4-3-5-18(12-14)24-20(27)13-29-21(28)11-10-19(26)23-17-8-6-16(7-9-17)22-15(2)25/h3-9,12H,10-11,13H2,1-2H3,(H,22,25)(H,23,26)(H,24,27). The van der Waals surface area contributed by atoms with Crippen LogP contribution in [0.2, 0.25) is 0 Å². The van der Waals surface area contributed by atoms with Crippen molar-refractivity contribution in [2.75, 3.05) is 22.6 Å². The lowest BCUT2D eigenvalue weighted by Crippen LogP contribution is -2.21. The van der Waals surface area contributed by atoms with Gasteiger partial charge in [-0.2, -0.15) is 0 Å². The number of amides is 3. The van der Waals surface area contributed by atoms with E-state index in [1.807, 2.05) is 19.1 Å². The molecule has 152 valence electrons. The smallest absolute Gasteiger partial charge is 0.306 e. The summed E-state index contributed by atoms with van der Waals surface area (Å²) in [5.74, 6) is -1.64. The van der Waals surface area contributed by atoms with Crippen LogP contribution in [-0.4, -0.2) is 30.3 Å². The molecule has 2 aromatic rings. The van der Waals surface area contributed by atoms with E-state index in [0.29, 0.717) is 17.1 Å². The summed E-state index contributed by atoms with van der Waals surface area (Å²) in [6, 6.07) is 13.8. The summed E-state index contributed by atoms with van der Waals surface area (Å²) in [5.41, 5.74) is 2.77. The van der Waals surface area contributed by atoms with Crippen LogP contribution in [0, 0.1) is 6.92 Å². The Morgan fingerprint density at radius 2 is 1.41 bits per heavy atom. The molecule has 0 heterocycles. The molecule has 0 saturated heterocycles. The largest absolute Gasteiger partial charge is 0.456 e. The van der Waals surface area contributed by atoms with Gasteiger partial charge in [-0.3, -0.25) is 19.2 Å². The third-order valence-electron chi connectivity index (χ3n) is 3.71. The summed E-state index contributed by atoms with van der Waals surface area (Å²) >= 11 is 0. The Morgan fingerprint density at radius 3 is 2.03 bits per heavy atom. The number of carbonyl (C=O) groups is 4. The molecule has 8 nitrogen and oxygen atoms in total. The normalized spacial score (nSPS) is 10.0. The average Bonchev–Trinajstić information content (AvgIpc) is 2.66. The van der Waals surface area contributed by atoms with Crippen LogP contribution in [0.3, 0.4) is 0 Å². The fourth-order valence-corrected chi connectivity index (χ4v) is 2.42. The van der Waals surface area contributed by atoms with Gasteiger partial charge in [0.25, 0.3) is 5.91 Å². The van der Waals surface area contributed by atoms with Crippen molar-refractivity contribution in [2.24, 2.45) is 0 Å². The lowest BCUT2D eigenvalue weighted by molar-refractivity contribution is -0.147. The number of anilines is 3. The van der Waals surface area contributed by atoms with E-state index in [9.17, 15) is 19.2 Å². The number of benzene rings is 2. The zero-order valence-electron chi connectivity index (χ0n) is 16.3. The Labute approximate surface area is 168 Å². The topological polar surface area (TPSA) is 114 Å². The summed E-state index contributed by atoms with van der Waals surface area (Å²) in [5, 5.41) is 7.89. The second kappa shape index (κ2) is 10.6. The fourth-order valence-electron chi connectivity index (χ4n) is 2.42. The second-order valence-electron chi connectivity index (χ2n) is 6.39. The molecule has 0 atom stereocenters. The lowest BCUT2D eigenvalue weighted by atomic mass is 10.2. The SMILES string of the molecule is CC(=O)Nc1ccc(NC(=O)CCC(=O)OCC(=O)Nc2cccc(C)c2)cc1. The maximum Gasteiger partial charge on any atom is 0.306 e. The first-order valence-corrected chi connectivity index (χ1v) is 9.01. The Hall–Kier alpha value is -3.68. The predicted molar refractivity (Wildman–Crippen MR) is 109 cm³/mol. The molecule has 0 radical (unpaired) electrons. The van der Waals surface area contributed by atoms with Gasteiger partial charge in [-0.25, -0.2) is 0 Å². The highest BCUT2D eigenvalue weighted by Crippen LogP contribution is 2.14. The molecule has 29 heavy (non-hydrogen) atoms. The summed E-state index contributed by atoms with van der Waals surface area (Å²) in [4.78, 5) is 46.4. The van der Waals surface area contributed by atoms with Gasteiger partial charge in [0.05, 0.1) is 6.42 Å². The predicted octanol–water partition coefficient (Wildman–Crippen LogP) is 2.85. The number of esters is 1. The van der Waals surface area contributed by atoms with E-state index in [1.54, 1.807) is 36.4 Å². The van der Waals surface area contributed by atoms with Gasteiger partial charge in [0.2, 0.25) is 11.8 Å². The van der Waals surface area contributed by atoms with Crippen molar-refractivity contribution >= 4 is 40.8 Å². The monoisotopic (exact) mass is 397 g/mol. The number of carbonyl (C=O) groups excluding carboxylic acids is 4. The van der Waals surface area contributed by atoms with E-state index >= 15 is 0 Å². The molecule has 0 fully saturated rings. The summed E-state index contributed by atoms with van der Waals surface area (Å²) in [6.45, 7) is 2.89. The Balaban J connectivity index is 1.68. The van der Waals surface area contributed by atoms with Crippen LogP contribution >= 0.6 is 0 Å². The van der Waals surface area contributed by atoms with Crippen LogP contribution in [0.5, 0.6) is 0 Å². The first kappa shape index (κ1) is 21.6. The summed E-state index contributed by atoms with van der Waals surface area (Å²) in [7, 11) is 0. The van der Waals surface area contributed by atoms with Gasteiger partial charge in [-0.05, 0) is 48.9 Å². The van der Waals surface area contributed by atoms with Gasteiger partial charge in [-0.1, -0.05) is 12.1 Å². The van der Waals surface area contributed by atoms with E-state index in [4.69, 9.17) is 4.74 Å². The van der Waals surface area contributed by atoms with E-state index < -0.39 is 18.5 Å². The Bertz CT molecular complexity index is 893. The quantitative estimate of drug-likeness (QED) is 0.593. The van der Waals surface area contributed by atoms with Crippen LogP contribution in [0.4, 0.5) is 17.1 Å². The van der Waals surface area contributed by atoms with Crippen molar-refractivity contribution < 1.29 is 23.9 Å². The van der Waals surface area contributed by atoms with Crippen molar-refractivity contribution in [3.05, 3.63) is 54.1 Å². The highest BCUT2D eigenvalue weighted by atomic mass is 16.5. The van der Waals surface area contributed by atoms with Crippen LogP contribution in [0.25, 0.3) is 0 Å². The molecule has 3 N–H and O–H groups in total. The molecule has 2 rings (SSSR count). The number of ether oxygens (including phenoxy) is 1. The molecule has 0 saturated carbocycles. The van der Waals surface area contributed by atoms with Gasteiger partial charge in [0.15, 0.2) is 6.61 Å². The van der Waals surface area contributed by atoms with Crippen molar-refractivity contribution in [3.8, 4) is 0 Å². The minimum atomic E-state index is -0.638. The fraction of sp³-hybridized carbons (Fsp3) is 0.238. The molecule has 2 aromatic carbocycles. The number of hydrogen-bond acceptors (Lipinski definition) is 5. The van der Waals surface area contributed by atoms with Crippen molar-refractivity contribution in [1.82, 2.24) is 0 Å². The average molecular weight is 397 g/mol. The van der Waals surface area contributed by atoms with Gasteiger partial charge < -0.3 is 20.7 Å². The van der Waals surface area contributed by atoms with E-state index in [-0.39, 0.29) is 24.7 Å². The molecule has 3 amide bonds. The second-order valence-corrected chi connectivity index (χ2v) is 6.39. The number of rotatable bonds is 8. The third kappa shape index (κ3) is 8.25. The maximum absolute atomic E-state index is 11.9. The molecular weight excluding hydrogens is 374 g/mol. The molecule has 0 aromatic heterocycles. The zero-order chi connectivity index (χ0) is 21.2. The van der Waals surface area contributed by atoms with Crippen molar-refractivity contribution in [3.63, 3.8) is 0 Å². The summed E-state index contributed by atoms with van der Waals surface area (Å²) < 4.78 is 4.89. The highest BCUT2D eigenvalue weighted by molar-refractivity contribution is 5.95. The van der Waals surface area contributed by atoms with Crippen LogP contribution in [0.1, 0.15) is 25.3 Å². The first-order chi connectivity index (χ1) is 13.8. The number of hydrogen-bond donors (Lipinski definition) is 3. The highest BCUT2D eigenvalue weighted by Gasteiger charge is 2.11. The van der Waals surface area contributed by atoms with Gasteiger partial charge in [0.1, 0.15) is 0 Å². The molecule has 0 bridgehead atoms. The van der Waals surface area contributed by atoms with Crippen molar-refractivity contribution in [2.45, 2.75) is 26.7 Å².